The second-order valence-corrected chi connectivity index (χ2v) is 8.07. The predicted octanol–water partition coefficient (Wildman–Crippen LogP) is 4.13. The smallest absolute Gasteiger partial charge is 0.338 e. The Morgan fingerprint density at radius 3 is 2.57 bits per heavy atom. The Morgan fingerprint density at radius 1 is 1.06 bits per heavy atom. The third kappa shape index (κ3) is 5.24. The molecule has 0 bridgehead atoms. The van der Waals surface area contributed by atoms with Crippen LogP contribution in [-0.2, 0) is 20.9 Å². The number of hydrogen-bond acceptors (Lipinski definition) is 6. The molecular weight excluding hydrogens is 450 g/mol. The first kappa shape index (κ1) is 23.7. The largest absolute Gasteiger partial charge is 0.467 e. The van der Waals surface area contributed by atoms with E-state index in [1.165, 1.54) is 17.2 Å². The van der Waals surface area contributed by atoms with Gasteiger partial charge in [0.25, 0.3) is 5.91 Å². The van der Waals surface area contributed by atoms with Crippen molar-refractivity contribution in [2.75, 3.05) is 16.8 Å². The van der Waals surface area contributed by atoms with Crippen molar-refractivity contribution < 1.29 is 28.3 Å². The summed E-state index contributed by atoms with van der Waals surface area (Å²) in [6.45, 7) is 3.84. The number of urea groups is 1. The molecule has 9 heteroatoms. The first-order valence-corrected chi connectivity index (χ1v) is 11.2. The highest BCUT2D eigenvalue weighted by Gasteiger charge is 2.47. The highest BCUT2D eigenvalue weighted by atomic mass is 16.5. The Kier molecular flexibility index (Phi) is 6.96. The summed E-state index contributed by atoms with van der Waals surface area (Å²) in [5.41, 5.74) is 2.00. The van der Waals surface area contributed by atoms with Gasteiger partial charge in [0.05, 0.1) is 37.1 Å². The number of carbonyl (C=O) groups excluding carboxylic acids is 4. The van der Waals surface area contributed by atoms with Gasteiger partial charge >= 0.3 is 12.0 Å². The van der Waals surface area contributed by atoms with Crippen LogP contribution in [0.5, 0.6) is 0 Å². The monoisotopic (exact) mass is 475 g/mol. The summed E-state index contributed by atoms with van der Waals surface area (Å²) in [6.07, 6.45) is 1.21. The molecule has 1 atom stereocenters. The number of aryl methyl sites for hydroxylation is 1. The van der Waals surface area contributed by atoms with Crippen LogP contribution < -0.4 is 10.2 Å². The maximum Gasteiger partial charge on any atom is 0.338 e. The molecular formula is C26H25N3O6. The van der Waals surface area contributed by atoms with Gasteiger partial charge in [0.2, 0.25) is 5.91 Å². The van der Waals surface area contributed by atoms with E-state index in [1.54, 1.807) is 55.5 Å². The number of furan rings is 1. The van der Waals surface area contributed by atoms with Gasteiger partial charge in [0.15, 0.2) is 0 Å². The lowest BCUT2D eigenvalue weighted by Gasteiger charge is -2.20. The van der Waals surface area contributed by atoms with E-state index in [0.29, 0.717) is 22.7 Å². The highest BCUT2D eigenvalue weighted by Crippen LogP contribution is 2.29. The van der Waals surface area contributed by atoms with Crippen molar-refractivity contribution >= 4 is 35.2 Å². The molecule has 2 heterocycles. The Hall–Kier alpha value is -4.40. The van der Waals surface area contributed by atoms with Gasteiger partial charge in [0.1, 0.15) is 11.8 Å². The minimum absolute atomic E-state index is 0.0379. The van der Waals surface area contributed by atoms with Gasteiger partial charge < -0.3 is 19.4 Å². The Labute approximate surface area is 202 Å². The molecule has 3 aromatic rings. The molecule has 0 aliphatic carbocycles. The predicted molar refractivity (Wildman–Crippen MR) is 128 cm³/mol. The first-order chi connectivity index (χ1) is 16.9. The maximum atomic E-state index is 13.4. The quantitative estimate of drug-likeness (QED) is 0.388. The van der Waals surface area contributed by atoms with Crippen LogP contribution in [0.4, 0.5) is 16.2 Å². The number of amides is 4. The molecule has 35 heavy (non-hydrogen) atoms. The topological polar surface area (TPSA) is 109 Å². The lowest BCUT2D eigenvalue weighted by molar-refractivity contribution is -0.124. The van der Waals surface area contributed by atoms with Crippen LogP contribution in [0.3, 0.4) is 0 Å². The molecule has 0 saturated carbocycles. The van der Waals surface area contributed by atoms with E-state index in [-0.39, 0.29) is 19.6 Å². The summed E-state index contributed by atoms with van der Waals surface area (Å²) in [7, 11) is 0. The molecule has 2 aromatic carbocycles. The summed E-state index contributed by atoms with van der Waals surface area (Å²) >= 11 is 0. The molecule has 180 valence electrons. The third-order valence-electron chi connectivity index (χ3n) is 5.52. The number of hydrogen-bond donors (Lipinski definition) is 1. The molecule has 1 aromatic heterocycles. The molecule has 0 spiro atoms. The Bertz CT molecular complexity index is 1250. The average Bonchev–Trinajstić information content (AvgIpc) is 3.42. The number of nitrogens with zero attached hydrogens (tertiary/aromatic N) is 2. The number of nitrogens with one attached hydrogen (secondary N) is 1. The van der Waals surface area contributed by atoms with E-state index in [1.807, 2.05) is 13.0 Å². The highest BCUT2D eigenvalue weighted by molar-refractivity contribution is 6.22. The molecule has 1 aliphatic rings. The lowest BCUT2D eigenvalue weighted by Crippen LogP contribution is -2.37. The molecule has 1 N–H and O–H groups in total. The molecule has 1 aliphatic heterocycles. The number of carbonyl (C=O) groups is 4. The second kappa shape index (κ2) is 10.3. The van der Waals surface area contributed by atoms with Crippen LogP contribution >= 0.6 is 0 Å². The maximum absolute atomic E-state index is 13.4. The number of rotatable bonds is 8. The van der Waals surface area contributed by atoms with Crippen molar-refractivity contribution in [3.8, 4) is 0 Å². The van der Waals surface area contributed by atoms with Crippen LogP contribution in [0.15, 0.2) is 71.3 Å². The van der Waals surface area contributed by atoms with Gasteiger partial charge in [-0.1, -0.05) is 18.2 Å². The van der Waals surface area contributed by atoms with Crippen molar-refractivity contribution in [3.63, 3.8) is 0 Å². The van der Waals surface area contributed by atoms with Crippen LogP contribution in [0.25, 0.3) is 0 Å². The number of benzene rings is 2. The van der Waals surface area contributed by atoms with Crippen molar-refractivity contribution in [2.45, 2.75) is 32.9 Å². The summed E-state index contributed by atoms with van der Waals surface area (Å²) in [4.78, 5) is 54.0. The van der Waals surface area contributed by atoms with E-state index in [9.17, 15) is 19.2 Å². The third-order valence-corrected chi connectivity index (χ3v) is 5.52. The van der Waals surface area contributed by atoms with Crippen molar-refractivity contribution in [1.29, 1.82) is 0 Å². The minimum atomic E-state index is -1.03. The van der Waals surface area contributed by atoms with E-state index >= 15 is 0 Å². The molecule has 4 amide bonds. The summed E-state index contributed by atoms with van der Waals surface area (Å²) in [5, 5.41) is 2.71. The van der Waals surface area contributed by atoms with Gasteiger partial charge in [0, 0.05) is 5.69 Å². The SMILES string of the molecule is CCOC(=O)c1cccc(NC(=O)CC2C(=O)N(c3cccc(C)c3)C(=O)N2Cc2ccco2)c1. The zero-order chi connectivity index (χ0) is 24.9. The molecule has 0 radical (unpaired) electrons. The zero-order valence-corrected chi connectivity index (χ0v) is 19.4. The molecule has 1 unspecified atom stereocenters. The van der Waals surface area contributed by atoms with E-state index < -0.39 is 29.9 Å². The number of anilines is 2. The summed E-state index contributed by atoms with van der Waals surface area (Å²) < 4.78 is 10.4. The fourth-order valence-corrected chi connectivity index (χ4v) is 3.91. The molecule has 1 fully saturated rings. The van der Waals surface area contributed by atoms with E-state index in [2.05, 4.69) is 5.32 Å². The van der Waals surface area contributed by atoms with Crippen LogP contribution in [0, 0.1) is 6.92 Å². The zero-order valence-electron chi connectivity index (χ0n) is 19.4. The molecule has 9 nitrogen and oxygen atoms in total. The van der Waals surface area contributed by atoms with Crippen molar-refractivity contribution in [2.24, 2.45) is 0 Å². The van der Waals surface area contributed by atoms with Crippen LogP contribution in [-0.4, -0.2) is 41.4 Å². The summed E-state index contributed by atoms with van der Waals surface area (Å²) in [5.74, 6) is -0.987. The van der Waals surface area contributed by atoms with Gasteiger partial charge in [-0.15, -0.1) is 0 Å². The minimum Gasteiger partial charge on any atom is -0.467 e. The number of imide groups is 1. The number of esters is 1. The second-order valence-electron chi connectivity index (χ2n) is 8.07. The van der Waals surface area contributed by atoms with Crippen molar-refractivity contribution in [3.05, 3.63) is 83.8 Å². The average molecular weight is 476 g/mol. The Balaban J connectivity index is 1.55. The fourth-order valence-electron chi connectivity index (χ4n) is 3.91. The lowest BCUT2D eigenvalue weighted by atomic mass is 10.1. The van der Waals surface area contributed by atoms with E-state index in [0.717, 1.165) is 10.5 Å². The van der Waals surface area contributed by atoms with Crippen molar-refractivity contribution in [1.82, 2.24) is 4.90 Å². The van der Waals surface area contributed by atoms with Gasteiger partial charge in [-0.05, 0) is 61.9 Å². The van der Waals surface area contributed by atoms with Gasteiger partial charge in [-0.25, -0.2) is 14.5 Å². The van der Waals surface area contributed by atoms with Gasteiger partial charge in [-0.2, -0.15) is 0 Å². The van der Waals surface area contributed by atoms with E-state index in [4.69, 9.17) is 9.15 Å². The summed E-state index contributed by atoms with van der Waals surface area (Å²) in [6, 6.07) is 15.2. The molecule has 1 saturated heterocycles. The standard InChI is InChI=1S/C26H25N3O6/c1-3-34-25(32)18-8-5-9-19(14-18)27-23(30)15-22-24(31)29(20-10-4-7-17(2)13-20)26(33)28(22)16-21-11-6-12-35-21/h4-14,22H,3,15-16H2,1-2H3,(H,27,30). The van der Waals surface area contributed by atoms with Crippen LogP contribution in [0.1, 0.15) is 35.0 Å². The number of ether oxygens (including phenoxy) is 1. The Morgan fingerprint density at radius 2 is 1.86 bits per heavy atom. The molecule has 4 rings (SSSR count). The first-order valence-electron chi connectivity index (χ1n) is 11.2. The van der Waals surface area contributed by atoms with Gasteiger partial charge in [-0.3, -0.25) is 9.59 Å². The fraction of sp³-hybridized carbons (Fsp3) is 0.231. The normalized spacial score (nSPS) is 15.4. The van der Waals surface area contributed by atoms with Crippen LogP contribution in [0.2, 0.25) is 0 Å².